The average Bonchev–Trinajstić information content (AvgIpc) is 3.20. The van der Waals surface area contributed by atoms with E-state index in [2.05, 4.69) is 30.0 Å². The summed E-state index contributed by atoms with van der Waals surface area (Å²) in [6.45, 7) is 4.96. The summed E-state index contributed by atoms with van der Waals surface area (Å²) >= 11 is 0. The van der Waals surface area contributed by atoms with E-state index in [1.165, 1.54) is 0 Å². The molecule has 0 saturated carbocycles. The Morgan fingerprint density at radius 3 is 2.84 bits per heavy atom. The first-order valence-electron chi connectivity index (χ1n) is 8.08. The molecule has 0 spiro atoms. The molecule has 0 aliphatic carbocycles. The zero-order chi connectivity index (χ0) is 17.2. The summed E-state index contributed by atoms with van der Waals surface area (Å²) in [5.41, 5.74) is 3.70. The van der Waals surface area contributed by atoms with Gasteiger partial charge < -0.3 is 14.4 Å². The third-order valence-corrected chi connectivity index (χ3v) is 3.89. The van der Waals surface area contributed by atoms with Crippen LogP contribution in [0.1, 0.15) is 23.0 Å². The topological polar surface area (TPSA) is 81.7 Å². The molecule has 4 rings (SSSR count). The Balaban J connectivity index is 1.68. The van der Waals surface area contributed by atoms with Gasteiger partial charge >= 0.3 is 0 Å². The van der Waals surface area contributed by atoms with Crippen LogP contribution in [-0.4, -0.2) is 24.7 Å². The molecule has 0 bridgehead atoms. The van der Waals surface area contributed by atoms with Gasteiger partial charge in [0.1, 0.15) is 11.3 Å². The van der Waals surface area contributed by atoms with Gasteiger partial charge in [-0.05, 0) is 32.0 Å². The fraction of sp³-hybridized carbons (Fsp3) is 0.222. The largest absolute Gasteiger partial charge is 0.361 e. The smallest absolute Gasteiger partial charge is 0.156 e. The molecule has 0 radical (unpaired) electrons. The van der Waals surface area contributed by atoms with Crippen molar-refractivity contribution in [3.05, 3.63) is 65.7 Å². The minimum absolute atomic E-state index is 0.515. The van der Waals surface area contributed by atoms with Gasteiger partial charge in [0.2, 0.25) is 0 Å². The number of hydrogen-bond acceptors (Lipinski definition) is 6. The Kier molecular flexibility index (Phi) is 3.89. The zero-order valence-corrected chi connectivity index (χ0v) is 14.1. The van der Waals surface area contributed by atoms with E-state index < -0.39 is 0 Å². The monoisotopic (exact) mass is 334 g/mol. The molecule has 126 valence electrons. The van der Waals surface area contributed by atoms with Crippen LogP contribution in [-0.2, 0) is 13.1 Å². The summed E-state index contributed by atoms with van der Waals surface area (Å²) in [5.74, 6) is 2.27. The number of aryl methyl sites for hydroxylation is 2. The number of pyridine rings is 1. The Morgan fingerprint density at radius 1 is 1.16 bits per heavy atom. The van der Waals surface area contributed by atoms with Gasteiger partial charge in [0.15, 0.2) is 11.6 Å². The van der Waals surface area contributed by atoms with Crippen molar-refractivity contribution in [2.75, 3.05) is 5.32 Å². The highest BCUT2D eigenvalue weighted by molar-refractivity contribution is 5.86. The first kappa shape index (κ1) is 15.3. The predicted molar refractivity (Wildman–Crippen MR) is 94.2 cm³/mol. The molecular formula is C18H18N6O. The van der Waals surface area contributed by atoms with Crippen LogP contribution in [0.5, 0.6) is 0 Å². The standard InChI is InChI=1S/C18H18N6O/c1-12-9-15(25-23-12)10-20-18-17-16(21-13(2)22-18)6-8-24(17)11-14-5-3-4-7-19-14/h3-9H,10-11H2,1-2H3,(H,20,21,22). The van der Waals surface area contributed by atoms with Crippen LogP contribution < -0.4 is 5.32 Å². The third kappa shape index (κ3) is 3.21. The second-order valence-electron chi connectivity index (χ2n) is 5.91. The first-order chi connectivity index (χ1) is 12.2. The van der Waals surface area contributed by atoms with Crippen LogP contribution in [0.2, 0.25) is 0 Å². The van der Waals surface area contributed by atoms with Crippen molar-refractivity contribution >= 4 is 16.9 Å². The van der Waals surface area contributed by atoms with E-state index in [1.54, 1.807) is 6.20 Å². The molecule has 0 amide bonds. The fourth-order valence-corrected chi connectivity index (χ4v) is 2.81. The molecule has 0 unspecified atom stereocenters. The lowest BCUT2D eigenvalue weighted by Crippen LogP contribution is -2.07. The number of fused-ring (bicyclic) bond motifs is 1. The van der Waals surface area contributed by atoms with Crippen LogP contribution in [0.4, 0.5) is 5.82 Å². The number of anilines is 1. The fourth-order valence-electron chi connectivity index (χ4n) is 2.81. The molecule has 0 aromatic carbocycles. The van der Waals surface area contributed by atoms with Gasteiger partial charge in [0.25, 0.3) is 0 Å². The van der Waals surface area contributed by atoms with Gasteiger partial charge in [0.05, 0.1) is 30.0 Å². The van der Waals surface area contributed by atoms with Crippen molar-refractivity contribution in [3.8, 4) is 0 Å². The Hall–Kier alpha value is -3.22. The minimum atomic E-state index is 0.515. The molecule has 4 aromatic rings. The van der Waals surface area contributed by atoms with Crippen molar-refractivity contribution in [1.82, 2.24) is 24.7 Å². The van der Waals surface area contributed by atoms with E-state index in [4.69, 9.17) is 4.52 Å². The molecule has 25 heavy (non-hydrogen) atoms. The van der Waals surface area contributed by atoms with Gasteiger partial charge in [0, 0.05) is 18.5 Å². The summed E-state index contributed by atoms with van der Waals surface area (Å²) < 4.78 is 7.37. The highest BCUT2D eigenvalue weighted by Gasteiger charge is 2.12. The highest BCUT2D eigenvalue weighted by Crippen LogP contribution is 2.23. The normalized spacial score (nSPS) is 11.1. The summed E-state index contributed by atoms with van der Waals surface area (Å²) in [5, 5.41) is 7.26. The van der Waals surface area contributed by atoms with Gasteiger partial charge in [-0.15, -0.1) is 0 Å². The molecule has 4 heterocycles. The highest BCUT2D eigenvalue weighted by atomic mass is 16.5. The van der Waals surface area contributed by atoms with Crippen LogP contribution >= 0.6 is 0 Å². The molecule has 0 fully saturated rings. The Labute approximate surface area is 144 Å². The second kappa shape index (κ2) is 6.35. The lowest BCUT2D eigenvalue weighted by atomic mass is 10.3. The van der Waals surface area contributed by atoms with Gasteiger partial charge in [-0.1, -0.05) is 11.2 Å². The second-order valence-corrected chi connectivity index (χ2v) is 5.91. The number of hydrogen-bond donors (Lipinski definition) is 1. The zero-order valence-electron chi connectivity index (χ0n) is 14.1. The summed E-state index contributed by atoms with van der Waals surface area (Å²) in [4.78, 5) is 13.5. The van der Waals surface area contributed by atoms with Gasteiger partial charge in [-0.25, -0.2) is 9.97 Å². The number of nitrogens with zero attached hydrogens (tertiary/aromatic N) is 5. The molecule has 0 aliphatic rings. The maximum absolute atomic E-state index is 5.26. The van der Waals surface area contributed by atoms with E-state index in [-0.39, 0.29) is 0 Å². The number of nitrogens with one attached hydrogen (secondary N) is 1. The van der Waals surface area contributed by atoms with Gasteiger partial charge in [-0.2, -0.15) is 0 Å². The van der Waals surface area contributed by atoms with Crippen molar-refractivity contribution < 1.29 is 4.52 Å². The lowest BCUT2D eigenvalue weighted by molar-refractivity contribution is 0.384. The van der Waals surface area contributed by atoms with Crippen molar-refractivity contribution in [2.45, 2.75) is 26.9 Å². The summed E-state index contributed by atoms with van der Waals surface area (Å²) in [6.07, 6.45) is 3.81. The molecular weight excluding hydrogens is 316 g/mol. The maximum atomic E-state index is 5.26. The van der Waals surface area contributed by atoms with Crippen LogP contribution in [0.25, 0.3) is 11.0 Å². The molecule has 0 saturated heterocycles. The molecule has 1 N–H and O–H groups in total. The van der Waals surface area contributed by atoms with E-state index in [0.717, 1.165) is 39.8 Å². The van der Waals surface area contributed by atoms with Crippen molar-refractivity contribution in [2.24, 2.45) is 0 Å². The van der Waals surface area contributed by atoms with Crippen molar-refractivity contribution in [1.29, 1.82) is 0 Å². The third-order valence-electron chi connectivity index (χ3n) is 3.89. The predicted octanol–water partition coefficient (Wildman–Crippen LogP) is 3.09. The quantitative estimate of drug-likeness (QED) is 0.604. The van der Waals surface area contributed by atoms with Crippen LogP contribution in [0, 0.1) is 13.8 Å². The summed E-state index contributed by atoms with van der Waals surface area (Å²) in [7, 11) is 0. The SMILES string of the molecule is Cc1cc(CNc2nc(C)nc3ccn(Cc4ccccn4)c23)on1. The summed E-state index contributed by atoms with van der Waals surface area (Å²) in [6, 6.07) is 9.81. The Morgan fingerprint density at radius 2 is 2.08 bits per heavy atom. The van der Waals surface area contributed by atoms with Gasteiger partial charge in [-0.3, -0.25) is 4.98 Å². The van der Waals surface area contributed by atoms with E-state index in [1.807, 2.05) is 50.4 Å². The maximum Gasteiger partial charge on any atom is 0.156 e. The van der Waals surface area contributed by atoms with Crippen molar-refractivity contribution in [3.63, 3.8) is 0 Å². The van der Waals surface area contributed by atoms with Crippen LogP contribution in [0.3, 0.4) is 0 Å². The average molecular weight is 334 g/mol. The Bertz CT molecular complexity index is 1010. The molecule has 4 aromatic heterocycles. The molecule has 7 heteroatoms. The first-order valence-corrected chi connectivity index (χ1v) is 8.08. The molecule has 0 atom stereocenters. The number of rotatable bonds is 5. The molecule has 0 aliphatic heterocycles. The number of aromatic nitrogens is 5. The lowest BCUT2D eigenvalue weighted by Gasteiger charge is -2.10. The van der Waals surface area contributed by atoms with Crippen LogP contribution in [0.15, 0.2) is 47.2 Å². The van der Waals surface area contributed by atoms with E-state index >= 15 is 0 Å². The molecule has 7 nitrogen and oxygen atoms in total. The van der Waals surface area contributed by atoms with E-state index in [0.29, 0.717) is 13.1 Å². The van der Waals surface area contributed by atoms with E-state index in [9.17, 15) is 0 Å². The minimum Gasteiger partial charge on any atom is -0.361 e.